The molecule has 6 heteroatoms. The first-order valence-corrected chi connectivity index (χ1v) is 8.04. The molecule has 0 heterocycles. The van der Waals surface area contributed by atoms with Crippen LogP contribution < -0.4 is 4.74 Å². The fourth-order valence-corrected chi connectivity index (χ4v) is 3.59. The van der Waals surface area contributed by atoms with E-state index in [9.17, 15) is 13.2 Å². The highest BCUT2D eigenvalue weighted by molar-refractivity contribution is 8.76. The zero-order chi connectivity index (χ0) is 14.4. The Bertz CT molecular complexity index is 544. The smallest absolute Gasteiger partial charge is 0.406 e. The maximum Gasteiger partial charge on any atom is 0.573 e. The first kappa shape index (κ1) is 15.1. The molecule has 0 N–H and O–H groups in total. The molecule has 0 aliphatic carbocycles. The number of rotatable bonds is 5. The lowest BCUT2D eigenvalue weighted by Crippen LogP contribution is -2.16. The Morgan fingerprint density at radius 3 is 2.40 bits per heavy atom. The molecule has 2 rings (SSSR count). The van der Waals surface area contributed by atoms with Gasteiger partial charge >= 0.3 is 6.36 Å². The molecule has 0 saturated carbocycles. The summed E-state index contributed by atoms with van der Waals surface area (Å²) in [6.07, 6.45) is -4.65. The highest BCUT2D eigenvalue weighted by atomic mass is 33.1. The van der Waals surface area contributed by atoms with Crippen LogP contribution in [0.2, 0.25) is 0 Å². The summed E-state index contributed by atoms with van der Waals surface area (Å²) < 4.78 is 40.2. The van der Waals surface area contributed by atoms with Crippen LogP contribution in [0.5, 0.6) is 5.75 Å². The molecule has 0 atom stereocenters. The highest BCUT2D eigenvalue weighted by Crippen LogP contribution is 2.36. The highest BCUT2D eigenvalue weighted by Gasteiger charge is 2.31. The predicted octanol–water partition coefficient (Wildman–Crippen LogP) is 5.53. The zero-order valence-corrected chi connectivity index (χ0v) is 11.9. The summed E-state index contributed by atoms with van der Waals surface area (Å²) in [6, 6.07) is 15.9. The minimum atomic E-state index is -4.65. The molecule has 0 radical (unpaired) electrons. The third-order valence-electron chi connectivity index (χ3n) is 2.26. The molecule has 0 aliphatic heterocycles. The molecular weight excluding hydrogens is 305 g/mol. The summed E-state index contributed by atoms with van der Waals surface area (Å²) in [5.41, 5.74) is 1.17. The lowest BCUT2D eigenvalue weighted by atomic mass is 10.2. The van der Waals surface area contributed by atoms with Gasteiger partial charge < -0.3 is 4.74 Å². The van der Waals surface area contributed by atoms with Gasteiger partial charge in [0.05, 0.1) is 0 Å². The third-order valence-corrected chi connectivity index (χ3v) is 4.56. The zero-order valence-electron chi connectivity index (χ0n) is 10.3. The Morgan fingerprint density at radius 2 is 1.70 bits per heavy atom. The van der Waals surface area contributed by atoms with Crippen molar-refractivity contribution in [1.29, 1.82) is 0 Å². The molecule has 0 unspecified atom stereocenters. The van der Waals surface area contributed by atoms with Crippen molar-refractivity contribution in [2.24, 2.45) is 0 Å². The standard InChI is InChI=1S/C14H11F3OS2/c15-14(16,17)18-12-7-4-8-13(9-12)20-19-10-11-5-2-1-3-6-11/h1-9H,10H2. The lowest BCUT2D eigenvalue weighted by molar-refractivity contribution is -0.274. The van der Waals surface area contributed by atoms with Crippen LogP contribution in [-0.2, 0) is 5.75 Å². The normalized spacial score (nSPS) is 11.3. The largest absolute Gasteiger partial charge is 0.573 e. The summed E-state index contributed by atoms with van der Waals surface area (Å²) >= 11 is 0. The molecule has 0 spiro atoms. The van der Waals surface area contributed by atoms with E-state index < -0.39 is 6.36 Å². The third kappa shape index (κ3) is 5.38. The maximum atomic E-state index is 12.1. The van der Waals surface area contributed by atoms with Gasteiger partial charge in [0.1, 0.15) is 5.75 Å². The van der Waals surface area contributed by atoms with Gasteiger partial charge in [-0.25, -0.2) is 0 Å². The quantitative estimate of drug-likeness (QED) is 0.672. The second-order valence-electron chi connectivity index (χ2n) is 3.85. The molecule has 0 saturated heterocycles. The molecule has 0 bridgehead atoms. The van der Waals surface area contributed by atoms with Gasteiger partial charge in [0.15, 0.2) is 0 Å². The average Bonchev–Trinajstić information content (AvgIpc) is 2.38. The van der Waals surface area contributed by atoms with Crippen LogP contribution in [0, 0.1) is 0 Å². The van der Waals surface area contributed by atoms with Crippen LogP contribution in [0.15, 0.2) is 59.5 Å². The minimum absolute atomic E-state index is 0.192. The van der Waals surface area contributed by atoms with Crippen molar-refractivity contribution in [2.75, 3.05) is 0 Å². The topological polar surface area (TPSA) is 9.23 Å². The predicted molar refractivity (Wildman–Crippen MR) is 76.7 cm³/mol. The van der Waals surface area contributed by atoms with E-state index in [0.717, 1.165) is 10.6 Å². The second kappa shape index (κ2) is 6.95. The van der Waals surface area contributed by atoms with Crippen molar-refractivity contribution in [2.45, 2.75) is 17.0 Å². The molecule has 0 aliphatic rings. The minimum Gasteiger partial charge on any atom is -0.406 e. The van der Waals surface area contributed by atoms with Crippen molar-refractivity contribution < 1.29 is 17.9 Å². The molecule has 0 aromatic heterocycles. The first-order valence-electron chi connectivity index (χ1n) is 5.72. The van der Waals surface area contributed by atoms with Gasteiger partial charge in [-0.3, -0.25) is 0 Å². The van der Waals surface area contributed by atoms with Gasteiger partial charge in [0.2, 0.25) is 0 Å². The van der Waals surface area contributed by atoms with Crippen LogP contribution >= 0.6 is 21.6 Å². The van der Waals surface area contributed by atoms with E-state index in [4.69, 9.17) is 0 Å². The van der Waals surface area contributed by atoms with E-state index in [1.54, 1.807) is 22.9 Å². The Balaban J connectivity index is 1.88. The molecule has 2 aromatic rings. The monoisotopic (exact) mass is 316 g/mol. The van der Waals surface area contributed by atoms with Crippen LogP contribution in [-0.4, -0.2) is 6.36 Å². The Hall–Kier alpha value is -1.27. The first-order chi connectivity index (χ1) is 9.53. The fraction of sp³-hybridized carbons (Fsp3) is 0.143. The molecule has 106 valence electrons. The van der Waals surface area contributed by atoms with Gasteiger partial charge in [0.25, 0.3) is 0 Å². The molecule has 0 fully saturated rings. The number of ether oxygens (including phenoxy) is 1. The molecular formula is C14H11F3OS2. The van der Waals surface area contributed by atoms with E-state index in [0.29, 0.717) is 0 Å². The van der Waals surface area contributed by atoms with E-state index in [1.165, 1.54) is 28.5 Å². The summed E-state index contributed by atoms with van der Waals surface area (Å²) in [6.45, 7) is 0. The van der Waals surface area contributed by atoms with Crippen LogP contribution in [0.1, 0.15) is 5.56 Å². The van der Waals surface area contributed by atoms with Crippen LogP contribution in [0.25, 0.3) is 0 Å². The number of hydrogen-bond donors (Lipinski definition) is 0. The van der Waals surface area contributed by atoms with Crippen molar-refractivity contribution in [3.05, 3.63) is 60.2 Å². The van der Waals surface area contributed by atoms with Crippen molar-refractivity contribution in [1.82, 2.24) is 0 Å². The Morgan fingerprint density at radius 1 is 0.950 bits per heavy atom. The van der Waals surface area contributed by atoms with Crippen molar-refractivity contribution in [3.8, 4) is 5.75 Å². The number of halogens is 3. The summed E-state index contributed by atoms with van der Waals surface area (Å²) in [7, 11) is 2.99. The average molecular weight is 316 g/mol. The number of hydrogen-bond acceptors (Lipinski definition) is 3. The van der Waals surface area contributed by atoms with Gasteiger partial charge in [0, 0.05) is 10.6 Å². The van der Waals surface area contributed by atoms with Crippen LogP contribution in [0.3, 0.4) is 0 Å². The Kier molecular flexibility index (Phi) is 5.25. The van der Waals surface area contributed by atoms with E-state index in [2.05, 4.69) is 4.74 Å². The van der Waals surface area contributed by atoms with Gasteiger partial charge in [-0.05, 0) is 23.8 Å². The lowest BCUT2D eigenvalue weighted by Gasteiger charge is -2.09. The molecule has 2 aromatic carbocycles. The van der Waals surface area contributed by atoms with E-state index in [-0.39, 0.29) is 5.75 Å². The summed E-state index contributed by atoms with van der Waals surface area (Å²) in [5, 5.41) is 0. The SMILES string of the molecule is FC(F)(F)Oc1cccc(SSCc2ccccc2)c1. The van der Waals surface area contributed by atoms with E-state index in [1.807, 2.05) is 30.3 Å². The number of alkyl halides is 3. The van der Waals surface area contributed by atoms with Crippen molar-refractivity contribution >= 4 is 21.6 Å². The maximum absolute atomic E-state index is 12.1. The van der Waals surface area contributed by atoms with E-state index >= 15 is 0 Å². The van der Waals surface area contributed by atoms with Gasteiger partial charge in [-0.2, -0.15) is 0 Å². The Labute approximate surface area is 122 Å². The van der Waals surface area contributed by atoms with Crippen molar-refractivity contribution in [3.63, 3.8) is 0 Å². The number of benzene rings is 2. The second-order valence-corrected chi connectivity index (χ2v) is 6.22. The fourth-order valence-electron chi connectivity index (χ4n) is 1.46. The van der Waals surface area contributed by atoms with Crippen LogP contribution in [0.4, 0.5) is 13.2 Å². The van der Waals surface area contributed by atoms with Gasteiger partial charge in [-0.15, -0.1) is 13.2 Å². The molecule has 20 heavy (non-hydrogen) atoms. The summed E-state index contributed by atoms with van der Waals surface area (Å²) in [4.78, 5) is 0.729. The molecule has 1 nitrogen and oxygen atoms in total. The molecule has 0 amide bonds. The summed E-state index contributed by atoms with van der Waals surface area (Å²) in [5.74, 6) is 0.596. The van der Waals surface area contributed by atoms with Gasteiger partial charge in [-0.1, -0.05) is 58.0 Å².